The zero-order chi connectivity index (χ0) is 4.99. The molecule has 0 aromatic rings. The minimum absolute atomic E-state index is 0.213. The van der Waals surface area contributed by atoms with Gasteiger partial charge < -0.3 is 0 Å². The topological polar surface area (TPSA) is 12.4 Å². The van der Waals surface area contributed by atoms with E-state index < -0.39 is 0 Å². The van der Waals surface area contributed by atoms with Crippen molar-refractivity contribution in [1.82, 2.24) is 0 Å². The molecule has 0 fully saturated rings. The summed E-state index contributed by atoms with van der Waals surface area (Å²) in [4.78, 5) is 3.64. The van der Waals surface area contributed by atoms with Gasteiger partial charge >= 0.3 is 0 Å². The first-order chi connectivity index (χ1) is 2.81. The fraction of sp³-hybridized carbons (Fsp3) is 0.400. The van der Waals surface area contributed by atoms with Crippen LogP contribution in [0.4, 0.5) is 0 Å². The maximum atomic E-state index is 3.64. The first-order valence-electron chi connectivity index (χ1n) is 1.89. The Morgan fingerprint density at radius 2 is 2.33 bits per heavy atom. The normalized spacial score (nSPS) is 12.8. The summed E-state index contributed by atoms with van der Waals surface area (Å²) in [6.45, 7) is 8.74. The highest BCUT2D eigenvalue weighted by Gasteiger charge is 1.79. The van der Waals surface area contributed by atoms with Gasteiger partial charge in [-0.3, -0.25) is 4.99 Å². The highest BCUT2D eigenvalue weighted by Crippen LogP contribution is 1.83. The number of hydrogen-bond acceptors (Lipinski definition) is 1. The Labute approximate surface area is 38.4 Å². The average Bonchev–Trinajstić information content (AvgIpc) is 1.65. The largest absolute Gasteiger partial charge is 0.294 e. The summed E-state index contributed by atoms with van der Waals surface area (Å²) in [7, 11) is 0. The van der Waals surface area contributed by atoms with E-state index in [1.165, 1.54) is 0 Å². The Morgan fingerprint density at radius 1 is 1.83 bits per heavy atom. The van der Waals surface area contributed by atoms with E-state index in [4.69, 9.17) is 0 Å². The van der Waals surface area contributed by atoms with Gasteiger partial charge in [0.1, 0.15) is 0 Å². The maximum absolute atomic E-state index is 3.64. The minimum Gasteiger partial charge on any atom is -0.294 e. The molecule has 0 radical (unpaired) electrons. The average molecular weight is 83.1 g/mol. The van der Waals surface area contributed by atoms with Gasteiger partial charge in [0.2, 0.25) is 0 Å². The van der Waals surface area contributed by atoms with Gasteiger partial charge in [-0.1, -0.05) is 6.08 Å². The standard InChI is InChI=1S/C5H9N/c1-4-5(2)6-3/h4-5H,1,3H2,2H3. The van der Waals surface area contributed by atoms with Crippen LogP contribution in [0.1, 0.15) is 6.92 Å². The zero-order valence-corrected chi connectivity index (χ0v) is 4.02. The molecule has 1 heteroatoms. The van der Waals surface area contributed by atoms with Crippen LogP contribution in [0.15, 0.2) is 17.6 Å². The summed E-state index contributed by atoms with van der Waals surface area (Å²) in [5.41, 5.74) is 0. The number of rotatable bonds is 2. The van der Waals surface area contributed by atoms with E-state index in [1.54, 1.807) is 6.08 Å². The second-order valence-electron chi connectivity index (χ2n) is 1.16. The lowest BCUT2D eigenvalue weighted by molar-refractivity contribution is 0.940. The summed E-state index contributed by atoms with van der Waals surface area (Å²) in [6, 6.07) is 0.213. The van der Waals surface area contributed by atoms with Crippen LogP contribution in [0.25, 0.3) is 0 Å². The predicted octanol–water partition coefficient (Wildman–Crippen LogP) is 1.26. The molecular formula is C5H9N. The molecule has 34 valence electrons. The molecule has 0 saturated carbocycles. The molecule has 0 spiro atoms. The SMILES string of the molecule is C=CC(C)N=C. The van der Waals surface area contributed by atoms with E-state index in [0.29, 0.717) is 0 Å². The third kappa shape index (κ3) is 1.70. The Kier molecular flexibility index (Phi) is 2.38. The van der Waals surface area contributed by atoms with Crippen molar-refractivity contribution < 1.29 is 0 Å². The molecule has 0 saturated heterocycles. The van der Waals surface area contributed by atoms with E-state index in [0.717, 1.165) is 0 Å². The van der Waals surface area contributed by atoms with Gasteiger partial charge in [-0.2, -0.15) is 0 Å². The van der Waals surface area contributed by atoms with Crippen LogP contribution in [0.5, 0.6) is 0 Å². The summed E-state index contributed by atoms with van der Waals surface area (Å²) in [6.07, 6.45) is 1.74. The number of hydrogen-bond donors (Lipinski definition) is 0. The van der Waals surface area contributed by atoms with Crippen LogP contribution in [0.2, 0.25) is 0 Å². The van der Waals surface area contributed by atoms with E-state index in [1.807, 2.05) is 6.92 Å². The van der Waals surface area contributed by atoms with Crippen LogP contribution < -0.4 is 0 Å². The fourth-order valence-corrected chi connectivity index (χ4v) is 0.0745. The molecule has 0 aromatic heterocycles. The highest BCUT2D eigenvalue weighted by atomic mass is 14.7. The summed E-state index contributed by atoms with van der Waals surface area (Å²) in [5, 5.41) is 0. The van der Waals surface area contributed by atoms with Crippen molar-refractivity contribution in [3.8, 4) is 0 Å². The Bertz CT molecular complexity index is 49.0. The van der Waals surface area contributed by atoms with Gasteiger partial charge in [0.25, 0.3) is 0 Å². The van der Waals surface area contributed by atoms with Gasteiger partial charge in [0.05, 0.1) is 6.04 Å². The Morgan fingerprint density at radius 3 is 2.33 bits per heavy atom. The van der Waals surface area contributed by atoms with Crippen LogP contribution in [0.3, 0.4) is 0 Å². The van der Waals surface area contributed by atoms with Gasteiger partial charge in [-0.25, -0.2) is 0 Å². The molecule has 0 rings (SSSR count). The van der Waals surface area contributed by atoms with Crippen molar-refractivity contribution in [2.45, 2.75) is 13.0 Å². The number of nitrogens with zero attached hydrogens (tertiary/aromatic N) is 1. The molecule has 0 heterocycles. The van der Waals surface area contributed by atoms with Crippen LogP contribution in [0, 0.1) is 0 Å². The first-order valence-corrected chi connectivity index (χ1v) is 1.89. The predicted molar refractivity (Wildman–Crippen MR) is 29.2 cm³/mol. The Hall–Kier alpha value is -0.590. The van der Waals surface area contributed by atoms with Gasteiger partial charge in [-0.05, 0) is 13.6 Å². The molecular weight excluding hydrogens is 74.1 g/mol. The second kappa shape index (κ2) is 2.64. The van der Waals surface area contributed by atoms with Crippen molar-refractivity contribution >= 4 is 6.72 Å². The monoisotopic (exact) mass is 83.1 g/mol. The van der Waals surface area contributed by atoms with Crippen LogP contribution in [-0.2, 0) is 0 Å². The van der Waals surface area contributed by atoms with E-state index in [-0.39, 0.29) is 6.04 Å². The summed E-state index contributed by atoms with van der Waals surface area (Å²) < 4.78 is 0. The summed E-state index contributed by atoms with van der Waals surface area (Å²) >= 11 is 0. The molecule has 6 heavy (non-hydrogen) atoms. The molecule has 1 atom stereocenters. The number of aliphatic imine (C=N–C) groups is 1. The molecule has 0 amide bonds. The van der Waals surface area contributed by atoms with Crippen molar-refractivity contribution in [3.05, 3.63) is 12.7 Å². The van der Waals surface area contributed by atoms with E-state index in [2.05, 4.69) is 18.3 Å². The van der Waals surface area contributed by atoms with Gasteiger partial charge in [-0.15, -0.1) is 6.58 Å². The molecule has 0 aromatic carbocycles. The fourth-order valence-electron chi connectivity index (χ4n) is 0.0745. The molecule has 1 nitrogen and oxygen atoms in total. The maximum Gasteiger partial charge on any atom is 0.0641 e. The third-order valence-corrected chi connectivity index (χ3v) is 0.629. The molecule has 0 aliphatic rings. The van der Waals surface area contributed by atoms with Crippen LogP contribution >= 0.6 is 0 Å². The van der Waals surface area contributed by atoms with Gasteiger partial charge in [0, 0.05) is 0 Å². The van der Waals surface area contributed by atoms with E-state index >= 15 is 0 Å². The van der Waals surface area contributed by atoms with Crippen molar-refractivity contribution in [3.63, 3.8) is 0 Å². The quantitative estimate of drug-likeness (QED) is 0.352. The van der Waals surface area contributed by atoms with Crippen molar-refractivity contribution in [1.29, 1.82) is 0 Å². The Balaban J connectivity index is 3.21. The molecule has 0 aliphatic heterocycles. The van der Waals surface area contributed by atoms with Crippen LogP contribution in [-0.4, -0.2) is 12.8 Å². The smallest absolute Gasteiger partial charge is 0.0641 e. The lowest BCUT2D eigenvalue weighted by atomic mass is 10.4. The zero-order valence-electron chi connectivity index (χ0n) is 4.02. The third-order valence-electron chi connectivity index (χ3n) is 0.629. The second-order valence-corrected chi connectivity index (χ2v) is 1.16. The lowest BCUT2D eigenvalue weighted by Gasteiger charge is -1.88. The van der Waals surface area contributed by atoms with E-state index in [9.17, 15) is 0 Å². The first kappa shape index (κ1) is 5.41. The van der Waals surface area contributed by atoms with Gasteiger partial charge in [0.15, 0.2) is 0 Å². The minimum atomic E-state index is 0.213. The van der Waals surface area contributed by atoms with Crippen molar-refractivity contribution in [2.24, 2.45) is 4.99 Å². The van der Waals surface area contributed by atoms with Crippen molar-refractivity contribution in [2.75, 3.05) is 0 Å². The molecule has 0 bridgehead atoms. The highest BCUT2D eigenvalue weighted by molar-refractivity contribution is 5.24. The molecule has 0 N–H and O–H groups in total. The molecule has 0 aliphatic carbocycles. The summed E-state index contributed by atoms with van der Waals surface area (Å²) in [5.74, 6) is 0. The lowest BCUT2D eigenvalue weighted by Crippen LogP contribution is -1.85. The molecule has 1 unspecified atom stereocenters.